The zero-order valence-electron chi connectivity index (χ0n) is 12.6. The number of carbonyl (C=O) groups excluding carboxylic acids is 1. The molecule has 108 valence electrons. The minimum absolute atomic E-state index is 0.0686. The molecule has 0 spiro atoms. The average Bonchev–Trinajstić information content (AvgIpc) is 2.69. The van der Waals surface area contributed by atoms with E-state index in [-0.39, 0.29) is 5.91 Å². The Labute approximate surface area is 124 Å². The lowest BCUT2D eigenvalue weighted by atomic mass is 9.85. The first-order valence-corrected chi connectivity index (χ1v) is 7.08. The van der Waals surface area contributed by atoms with E-state index in [9.17, 15) is 4.79 Å². The molecule has 0 radical (unpaired) electrons. The maximum absolute atomic E-state index is 12.0. The van der Waals surface area contributed by atoms with Gasteiger partial charge in [-0.25, -0.2) is 0 Å². The molecule has 1 N–H and O–H groups in total. The van der Waals surface area contributed by atoms with Gasteiger partial charge in [0.05, 0.1) is 12.5 Å². The van der Waals surface area contributed by atoms with Gasteiger partial charge in [-0.2, -0.15) is 0 Å². The second kappa shape index (κ2) is 4.92. The van der Waals surface area contributed by atoms with Crippen molar-refractivity contribution in [3.05, 3.63) is 59.2 Å². The fourth-order valence-corrected chi connectivity index (χ4v) is 2.73. The Balaban J connectivity index is 1.85. The van der Waals surface area contributed by atoms with Gasteiger partial charge in [-0.1, -0.05) is 24.3 Å². The third-order valence-electron chi connectivity index (χ3n) is 4.14. The van der Waals surface area contributed by atoms with Crippen LogP contribution in [0.15, 0.2) is 42.5 Å². The third-order valence-corrected chi connectivity index (χ3v) is 4.14. The van der Waals surface area contributed by atoms with Crippen LogP contribution in [0.25, 0.3) is 0 Å². The number of ether oxygens (including phenoxy) is 1. The van der Waals surface area contributed by atoms with Crippen LogP contribution in [0.4, 0.5) is 5.69 Å². The predicted molar refractivity (Wildman–Crippen MR) is 83.9 cm³/mol. The van der Waals surface area contributed by atoms with Crippen molar-refractivity contribution < 1.29 is 9.53 Å². The Bertz CT molecular complexity index is 687. The van der Waals surface area contributed by atoms with Gasteiger partial charge in [0.15, 0.2) is 0 Å². The summed E-state index contributed by atoms with van der Waals surface area (Å²) in [6.45, 7) is 3.91. The number of benzene rings is 2. The molecule has 3 heteroatoms. The molecule has 0 atom stereocenters. The van der Waals surface area contributed by atoms with Crippen molar-refractivity contribution in [1.29, 1.82) is 0 Å². The first kappa shape index (κ1) is 13.7. The summed E-state index contributed by atoms with van der Waals surface area (Å²) in [6, 6.07) is 14.3. The van der Waals surface area contributed by atoms with Crippen LogP contribution in [0, 0.1) is 0 Å². The van der Waals surface area contributed by atoms with Gasteiger partial charge in [0.2, 0.25) is 5.91 Å². The van der Waals surface area contributed by atoms with Crippen molar-refractivity contribution in [2.24, 2.45) is 0 Å². The predicted octanol–water partition coefficient (Wildman–Crippen LogP) is 3.52. The Morgan fingerprint density at radius 3 is 2.38 bits per heavy atom. The van der Waals surface area contributed by atoms with Crippen LogP contribution in [0.2, 0.25) is 0 Å². The second-order valence-electron chi connectivity index (χ2n) is 5.98. The molecule has 0 saturated heterocycles. The van der Waals surface area contributed by atoms with E-state index in [1.807, 2.05) is 26.0 Å². The first-order chi connectivity index (χ1) is 10.0. The number of methoxy groups -OCH3 is 1. The lowest BCUT2D eigenvalue weighted by Crippen LogP contribution is -2.26. The molecule has 2 aromatic carbocycles. The normalized spacial score (nSPS) is 15.5. The van der Waals surface area contributed by atoms with E-state index < -0.39 is 5.41 Å². The molecule has 1 amide bonds. The van der Waals surface area contributed by atoms with Gasteiger partial charge in [0.1, 0.15) is 5.75 Å². The van der Waals surface area contributed by atoms with Gasteiger partial charge in [-0.15, -0.1) is 0 Å². The number of hydrogen-bond acceptors (Lipinski definition) is 2. The van der Waals surface area contributed by atoms with Gasteiger partial charge in [0, 0.05) is 5.69 Å². The number of hydrogen-bond donors (Lipinski definition) is 1. The summed E-state index contributed by atoms with van der Waals surface area (Å²) >= 11 is 0. The fraction of sp³-hybridized carbons (Fsp3) is 0.278. The summed E-state index contributed by atoms with van der Waals surface area (Å²) in [5.74, 6) is 0.931. The maximum Gasteiger partial charge on any atom is 0.234 e. The molecule has 0 fully saturated rings. The number of anilines is 1. The molecule has 1 aliphatic rings. The van der Waals surface area contributed by atoms with E-state index >= 15 is 0 Å². The molecule has 0 bridgehead atoms. The highest BCUT2D eigenvalue weighted by atomic mass is 16.5. The van der Waals surface area contributed by atoms with Crippen LogP contribution in [-0.4, -0.2) is 13.0 Å². The van der Waals surface area contributed by atoms with Gasteiger partial charge in [-0.3, -0.25) is 4.79 Å². The quantitative estimate of drug-likeness (QED) is 0.935. The van der Waals surface area contributed by atoms with Crippen molar-refractivity contribution in [3.8, 4) is 5.75 Å². The highest BCUT2D eigenvalue weighted by Gasteiger charge is 2.38. The zero-order valence-corrected chi connectivity index (χ0v) is 12.6. The molecular weight excluding hydrogens is 262 g/mol. The molecule has 0 aromatic heterocycles. The van der Waals surface area contributed by atoms with E-state index in [0.717, 1.165) is 23.4 Å². The lowest BCUT2D eigenvalue weighted by Gasteiger charge is -2.15. The summed E-state index contributed by atoms with van der Waals surface area (Å²) in [6.07, 6.45) is 0.841. The van der Waals surface area contributed by atoms with Crippen LogP contribution in [0.1, 0.15) is 30.5 Å². The van der Waals surface area contributed by atoms with Gasteiger partial charge < -0.3 is 10.1 Å². The van der Waals surface area contributed by atoms with Crippen molar-refractivity contribution in [2.45, 2.75) is 25.7 Å². The van der Waals surface area contributed by atoms with Crippen molar-refractivity contribution in [2.75, 3.05) is 12.4 Å². The smallest absolute Gasteiger partial charge is 0.234 e. The highest BCUT2D eigenvalue weighted by Crippen LogP contribution is 2.37. The van der Waals surface area contributed by atoms with Crippen molar-refractivity contribution in [3.63, 3.8) is 0 Å². The highest BCUT2D eigenvalue weighted by molar-refractivity contribution is 6.05. The number of amides is 1. The SMILES string of the molecule is COc1ccc(Cc2ccc3c(c2)NC(=O)C3(C)C)cc1. The number of rotatable bonds is 3. The average molecular weight is 281 g/mol. The molecule has 3 rings (SSSR count). The maximum atomic E-state index is 12.0. The van der Waals surface area contributed by atoms with E-state index in [1.165, 1.54) is 11.1 Å². The molecule has 2 aromatic rings. The molecule has 0 unspecified atom stereocenters. The van der Waals surface area contributed by atoms with Gasteiger partial charge >= 0.3 is 0 Å². The molecule has 1 heterocycles. The summed E-state index contributed by atoms with van der Waals surface area (Å²) < 4.78 is 5.17. The monoisotopic (exact) mass is 281 g/mol. The zero-order chi connectivity index (χ0) is 15.0. The Kier molecular flexibility index (Phi) is 3.20. The number of fused-ring (bicyclic) bond motifs is 1. The topological polar surface area (TPSA) is 38.3 Å². The Morgan fingerprint density at radius 2 is 1.71 bits per heavy atom. The van der Waals surface area contributed by atoms with Crippen LogP contribution >= 0.6 is 0 Å². The molecule has 21 heavy (non-hydrogen) atoms. The Hall–Kier alpha value is -2.29. The third kappa shape index (κ3) is 2.40. The summed E-state index contributed by atoms with van der Waals surface area (Å²) in [4.78, 5) is 12.0. The standard InChI is InChI=1S/C18H19NO2/c1-18(2)15-9-6-13(11-16(15)19-17(18)20)10-12-4-7-14(21-3)8-5-12/h4-9,11H,10H2,1-3H3,(H,19,20). The number of nitrogens with one attached hydrogen (secondary N) is 1. The molecule has 3 nitrogen and oxygen atoms in total. The number of carbonyl (C=O) groups is 1. The summed E-state index contributed by atoms with van der Waals surface area (Å²) in [5.41, 5.74) is 3.99. The van der Waals surface area contributed by atoms with Crippen LogP contribution in [-0.2, 0) is 16.6 Å². The molecular formula is C18H19NO2. The van der Waals surface area contributed by atoms with Gasteiger partial charge in [-0.05, 0) is 55.2 Å². The largest absolute Gasteiger partial charge is 0.497 e. The molecule has 1 aliphatic heterocycles. The first-order valence-electron chi connectivity index (χ1n) is 7.08. The molecule has 0 aliphatic carbocycles. The van der Waals surface area contributed by atoms with E-state index in [2.05, 4.69) is 35.6 Å². The van der Waals surface area contributed by atoms with E-state index in [1.54, 1.807) is 7.11 Å². The van der Waals surface area contributed by atoms with E-state index in [0.29, 0.717) is 0 Å². The summed E-state index contributed by atoms with van der Waals surface area (Å²) in [5, 5.41) is 2.97. The molecule has 0 saturated carbocycles. The van der Waals surface area contributed by atoms with Crippen molar-refractivity contribution in [1.82, 2.24) is 0 Å². The summed E-state index contributed by atoms with van der Waals surface area (Å²) in [7, 11) is 1.67. The van der Waals surface area contributed by atoms with Crippen molar-refractivity contribution >= 4 is 11.6 Å². The fourth-order valence-electron chi connectivity index (χ4n) is 2.73. The second-order valence-corrected chi connectivity index (χ2v) is 5.98. The van der Waals surface area contributed by atoms with Gasteiger partial charge in [0.25, 0.3) is 0 Å². The van der Waals surface area contributed by atoms with Crippen LogP contribution in [0.3, 0.4) is 0 Å². The van der Waals surface area contributed by atoms with E-state index in [4.69, 9.17) is 4.74 Å². The minimum Gasteiger partial charge on any atom is -0.497 e. The lowest BCUT2D eigenvalue weighted by molar-refractivity contribution is -0.119. The minimum atomic E-state index is -0.437. The van der Waals surface area contributed by atoms with Crippen LogP contribution < -0.4 is 10.1 Å². The Morgan fingerprint density at radius 1 is 1.05 bits per heavy atom. The van der Waals surface area contributed by atoms with Crippen LogP contribution in [0.5, 0.6) is 5.75 Å².